The van der Waals surface area contributed by atoms with E-state index in [2.05, 4.69) is 0 Å². The lowest BCUT2D eigenvalue weighted by molar-refractivity contribution is 0.411. The van der Waals surface area contributed by atoms with Crippen LogP contribution in [0.2, 0.25) is 5.02 Å². The summed E-state index contributed by atoms with van der Waals surface area (Å²) >= 11 is 5.87. The first-order valence-corrected chi connectivity index (χ1v) is 8.43. The van der Waals surface area contributed by atoms with Crippen LogP contribution in [-0.4, -0.2) is 21.8 Å². The molecule has 2 aromatic carbocycles. The summed E-state index contributed by atoms with van der Waals surface area (Å²) in [7, 11) is -1.59. The van der Waals surface area contributed by atoms with Crippen molar-refractivity contribution in [2.24, 2.45) is 0 Å². The maximum Gasteiger partial charge on any atom is 0.151 e. The molecule has 20 heavy (non-hydrogen) atoms. The molecule has 0 amide bonds. The van der Waals surface area contributed by atoms with Gasteiger partial charge in [0, 0.05) is 16.8 Å². The fraction of sp³-hybridized carbons (Fsp3) is 0.200. The van der Waals surface area contributed by atoms with E-state index in [0.29, 0.717) is 16.3 Å². The van der Waals surface area contributed by atoms with E-state index < -0.39 is 9.84 Å². The van der Waals surface area contributed by atoms with E-state index in [1.807, 2.05) is 24.3 Å². The molecule has 0 saturated carbocycles. The Balaban J connectivity index is 2.46. The summed E-state index contributed by atoms with van der Waals surface area (Å²) in [6.45, 7) is 0. The standard InChI is InChI=1S/C15H15ClO3S/c1-19-15-8-5-12(9-13(15)10-20(2,17)18)11-3-6-14(16)7-4-11/h3-9H,10H2,1-2H3. The molecule has 0 radical (unpaired) electrons. The van der Waals surface area contributed by atoms with E-state index in [0.717, 1.165) is 11.1 Å². The van der Waals surface area contributed by atoms with Crippen molar-refractivity contribution in [3.05, 3.63) is 53.1 Å². The van der Waals surface area contributed by atoms with Crippen LogP contribution in [0.1, 0.15) is 5.56 Å². The van der Waals surface area contributed by atoms with Crippen LogP contribution >= 0.6 is 11.6 Å². The molecule has 0 aliphatic carbocycles. The Hall–Kier alpha value is -1.52. The van der Waals surface area contributed by atoms with Crippen molar-refractivity contribution in [2.75, 3.05) is 13.4 Å². The Bertz CT molecular complexity index is 706. The summed E-state index contributed by atoms with van der Waals surface area (Å²) in [5.41, 5.74) is 2.57. The van der Waals surface area contributed by atoms with Gasteiger partial charge in [-0.05, 0) is 35.4 Å². The van der Waals surface area contributed by atoms with Crippen molar-refractivity contribution in [3.8, 4) is 16.9 Å². The molecule has 0 unspecified atom stereocenters. The van der Waals surface area contributed by atoms with Crippen molar-refractivity contribution >= 4 is 21.4 Å². The Morgan fingerprint density at radius 2 is 1.65 bits per heavy atom. The molecule has 0 aliphatic heterocycles. The topological polar surface area (TPSA) is 43.4 Å². The van der Waals surface area contributed by atoms with Gasteiger partial charge in [0.1, 0.15) is 5.75 Å². The summed E-state index contributed by atoms with van der Waals surface area (Å²) in [6.07, 6.45) is 1.21. The van der Waals surface area contributed by atoms with Gasteiger partial charge in [-0.2, -0.15) is 0 Å². The molecule has 106 valence electrons. The highest BCUT2D eigenvalue weighted by molar-refractivity contribution is 7.89. The minimum Gasteiger partial charge on any atom is -0.496 e. The van der Waals surface area contributed by atoms with E-state index in [4.69, 9.17) is 16.3 Å². The second kappa shape index (κ2) is 5.85. The average molecular weight is 311 g/mol. The third kappa shape index (κ3) is 3.74. The summed E-state index contributed by atoms with van der Waals surface area (Å²) in [4.78, 5) is 0. The number of ether oxygens (including phenoxy) is 1. The monoisotopic (exact) mass is 310 g/mol. The van der Waals surface area contributed by atoms with Gasteiger partial charge in [0.15, 0.2) is 9.84 Å². The van der Waals surface area contributed by atoms with Crippen molar-refractivity contribution in [3.63, 3.8) is 0 Å². The number of benzene rings is 2. The zero-order chi connectivity index (χ0) is 14.8. The Kier molecular flexibility index (Phi) is 4.35. The predicted octanol–water partition coefficient (Wildman–Crippen LogP) is 3.56. The first kappa shape index (κ1) is 14.9. The second-order valence-electron chi connectivity index (χ2n) is 4.60. The highest BCUT2D eigenvalue weighted by Gasteiger charge is 2.11. The largest absolute Gasteiger partial charge is 0.496 e. The molecule has 0 aromatic heterocycles. The molecule has 0 bridgehead atoms. The second-order valence-corrected chi connectivity index (χ2v) is 7.18. The lowest BCUT2D eigenvalue weighted by atomic mass is 10.0. The van der Waals surface area contributed by atoms with Gasteiger partial charge in [-0.15, -0.1) is 0 Å². The number of methoxy groups -OCH3 is 1. The molecule has 0 atom stereocenters. The lowest BCUT2D eigenvalue weighted by Gasteiger charge is -2.10. The van der Waals surface area contributed by atoms with Crippen LogP contribution in [-0.2, 0) is 15.6 Å². The summed E-state index contributed by atoms with van der Waals surface area (Å²) in [5.74, 6) is 0.533. The van der Waals surface area contributed by atoms with Gasteiger partial charge in [0.25, 0.3) is 0 Å². The minimum atomic E-state index is -3.12. The number of rotatable bonds is 4. The van der Waals surface area contributed by atoms with E-state index in [1.165, 1.54) is 13.4 Å². The predicted molar refractivity (Wildman–Crippen MR) is 82.0 cm³/mol. The van der Waals surface area contributed by atoms with Gasteiger partial charge in [-0.3, -0.25) is 0 Å². The van der Waals surface area contributed by atoms with Crippen molar-refractivity contribution in [1.29, 1.82) is 0 Å². The highest BCUT2D eigenvalue weighted by Crippen LogP contribution is 2.28. The minimum absolute atomic E-state index is 0.0440. The van der Waals surface area contributed by atoms with Crippen molar-refractivity contribution < 1.29 is 13.2 Å². The van der Waals surface area contributed by atoms with E-state index in [9.17, 15) is 8.42 Å². The molecule has 5 heteroatoms. The third-order valence-electron chi connectivity index (χ3n) is 2.88. The van der Waals surface area contributed by atoms with Gasteiger partial charge in [-0.25, -0.2) is 8.42 Å². The van der Waals surface area contributed by atoms with Crippen molar-refractivity contribution in [1.82, 2.24) is 0 Å². The fourth-order valence-electron chi connectivity index (χ4n) is 2.00. The molecular weight excluding hydrogens is 296 g/mol. The Morgan fingerprint density at radius 3 is 2.20 bits per heavy atom. The van der Waals surface area contributed by atoms with Crippen LogP contribution in [0.3, 0.4) is 0 Å². The summed E-state index contributed by atoms with van der Waals surface area (Å²) in [6, 6.07) is 12.9. The number of halogens is 1. The van der Waals surface area contributed by atoms with Gasteiger partial charge < -0.3 is 4.74 Å². The first-order valence-electron chi connectivity index (χ1n) is 5.99. The average Bonchev–Trinajstić information content (AvgIpc) is 2.37. The highest BCUT2D eigenvalue weighted by atomic mass is 35.5. The van der Waals surface area contributed by atoms with Gasteiger partial charge >= 0.3 is 0 Å². The number of hydrogen-bond donors (Lipinski definition) is 0. The molecular formula is C15H15ClO3S. The van der Waals surface area contributed by atoms with Gasteiger partial charge in [0.05, 0.1) is 12.9 Å². The molecule has 3 nitrogen and oxygen atoms in total. The Labute approximate surface area is 124 Å². The van der Waals surface area contributed by atoms with Crippen LogP contribution in [0.5, 0.6) is 5.75 Å². The van der Waals surface area contributed by atoms with E-state index >= 15 is 0 Å². The molecule has 0 fully saturated rings. The van der Waals surface area contributed by atoms with Crippen LogP contribution in [0.25, 0.3) is 11.1 Å². The van der Waals surface area contributed by atoms with Crippen LogP contribution in [0, 0.1) is 0 Å². The first-order chi connectivity index (χ1) is 9.39. The smallest absolute Gasteiger partial charge is 0.151 e. The lowest BCUT2D eigenvalue weighted by Crippen LogP contribution is -2.03. The maximum atomic E-state index is 11.5. The fourth-order valence-corrected chi connectivity index (χ4v) is 2.91. The molecule has 0 heterocycles. The summed E-state index contributed by atoms with van der Waals surface area (Å²) in [5, 5.41) is 0.665. The third-order valence-corrected chi connectivity index (χ3v) is 3.96. The molecule has 0 spiro atoms. The van der Waals surface area contributed by atoms with Crippen LogP contribution in [0.15, 0.2) is 42.5 Å². The zero-order valence-electron chi connectivity index (χ0n) is 11.3. The number of hydrogen-bond acceptors (Lipinski definition) is 3. The van der Waals surface area contributed by atoms with E-state index in [1.54, 1.807) is 18.2 Å². The normalized spacial score (nSPS) is 11.3. The molecule has 0 saturated heterocycles. The molecule has 0 N–H and O–H groups in total. The van der Waals surface area contributed by atoms with Crippen molar-refractivity contribution in [2.45, 2.75) is 5.75 Å². The molecule has 2 aromatic rings. The van der Waals surface area contributed by atoms with Gasteiger partial charge in [-0.1, -0.05) is 29.8 Å². The van der Waals surface area contributed by atoms with Gasteiger partial charge in [0.2, 0.25) is 0 Å². The Morgan fingerprint density at radius 1 is 1.05 bits per heavy atom. The molecule has 0 aliphatic rings. The number of sulfone groups is 1. The quantitative estimate of drug-likeness (QED) is 0.867. The summed E-state index contributed by atoms with van der Waals surface area (Å²) < 4.78 is 28.2. The van der Waals surface area contributed by atoms with E-state index in [-0.39, 0.29) is 5.75 Å². The SMILES string of the molecule is COc1ccc(-c2ccc(Cl)cc2)cc1CS(C)(=O)=O. The van der Waals surface area contributed by atoms with Crippen LogP contribution in [0.4, 0.5) is 0 Å². The van der Waals surface area contributed by atoms with Crippen LogP contribution < -0.4 is 4.74 Å². The maximum absolute atomic E-state index is 11.5. The zero-order valence-corrected chi connectivity index (χ0v) is 12.8. The molecule has 2 rings (SSSR count).